The van der Waals surface area contributed by atoms with Crippen molar-refractivity contribution in [3.8, 4) is 0 Å². The van der Waals surface area contributed by atoms with Crippen LogP contribution in [0.4, 0.5) is 5.82 Å². The number of H-pyrrole nitrogens is 1. The van der Waals surface area contributed by atoms with Crippen molar-refractivity contribution < 1.29 is 18.3 Å². The Bertz CT molecular complexity index is 773. The predicted molar refractivity (Wildman–Crippen MR) is 72.8 cm³/mol. The zero-order valence-corrected chi connectivity index (χ0v) is 11.9. The average molecular weight is 336 g/mol. The molecule has 0 spiro atoms. The standard InChI is InChI=1S/C10H7Cl2N3O4S/c11-5-2-1-3-7(9(5)12)20(18,19)15-8-4-6(10(16)17)13-14-8/h1-4H,(H,16,17)(H2,13,14,15). The van der Waals surface area contributed by atoms with Gasteiger partial charge in [0.15, 0.2) is 5.82 Å². The van der Waals surface area contributed by atoms with Gasteiger partial charge in [-0.25, -0.2) is 13.2 Å². The van der Waals surface area contributed by atoms with Gasteiger partial charge in [-0.2, -0.15) is 5.10 Å². The lowest BCUT2D eigenvalue weighted by atomic mass is 10.4. The summed E-state index contributed by atoms with van der Waals surface area (Å²) in [4.78, 5) is 10.4. The second-order valence-electron chi connectivity index (χ2n) is 3.63. The summed E-state index contributed by atoms with van der Waals surface area (Å²) in [6.45, 7) is 0. The number of anilines is 1. The molecule has 0 saturated carbocycles. The highest BCUT2D eigenvalue weighted by Gasteiger charge is 2.21. The highest BCUT2D eigenvalue weighted by atomic mass is 35.5. The largest absolute Gasteiger partial charge is 0.477 e. The normalized spacial score (nSPS) is 11.3. The van der Waals surface area contributed by atoms with E-state index in [9.17, 15) is 13.2 Å². The molecule has 0 aliphatic carbocycles. The molecular formula is C10H7Cl2N3O4S. The van der Waals surface area contributed by atoms with Crippen molar-refractivity contribution in [2.75, 3.05) is 4.72 Å². The number of hydrogen-bond donors (Lipinski definition) is 3. The predicted octanol–water partition coefficient (Wildman–Crippen LogP) is 2.22. The summed E-state index contributed by atoms with van der Waals surface area (Å²) in [5.41, 5.74) is -0.250. The molecule has 1 aromatic heterocycles. The van der Waals surface area contributed by atoms with Gasteiger partial charge in [-0.1, -0.05) is 29.3 Å². The van der Waals surface area contributed by atoms with Gasteiger partial charge in [-0.15, -0.1) is 0 Å². The van der Waals surface area contributed by atoms with Gasteiger partial charge < -0.3 is 5.11 Å². The molecule has 0 fully saturated rings. The van der Waals surface area contributed by atoms with Crippen LogP contribution in [0.1, 0.15) is 10.5 Å². The molecule has 0 amide bonds. The van der Waals surface area contributed by atoms with Gasteiger partial charge in [0.2, 0.25) is 0 Å². The smallest absolute Gasteiger partial charge is 0.353 e. The third-order valence-electron chi connectivity index (χ3n) is 2.25. The van der Waals surface area contributed by atoms with Crippen LogP contribution in [0.2, 0.25) is 10.0 Å². The van der Waals surface area contributed by atoms with Crippen molar-refractivity contribution in [3.05, 3.63) is 40.0 Å². The molecule has 20 heavy (non-hydrogen) atoms. The molecule has 0 radical (unpaired) electrons. The lowest BCUT2D eigenvalue weighted by molar-refractivity contribution is 0.0690. The van der Waals surface area contributed by atoms with Crippen LogP contribution in [-0.2, 0) is 10.0 Å². The number of benzene rings is 1. The molecule has 0 unspecified atom stereocenters. The number of carbonyl (C=O) groups is 1. The van der Waals surface area contributed by atoms with Gasteiger partial charge in [-0.3, -0.25) is 9.82 Å². The third kappa shape index (κ3) is 2.87. The number of rotatable bonds is 4. The molecule has 2 aromatic rings. The minimum Gasteiger partial charge on any atom is -0.477 e. The van der Waals surface area contributed by atoms with E-state index in [-0.39, 0.29) is 26.5 Å². The number of nitrogens with one attached hydrogen (secondary N) is 2. The first kappa shape index (κ1) is 14.6. The van der Waals surface area contributed by atoms with Crippen LogP contribution in [0.25, 0.3) is 0 Å². The van der Waals surface area contributed by atoms with Crippen molar-refractivity contribution in [2.24, 2.45) is 0 Å². The molecule has 0 bridgehead atoms. The summed E-state index contributed by atoms with van der Waals surface area (Å²) < 4.78 is 26.3. The van der Waals surface area contributed by atoms with Crippen molar-refractivity contribution in [1.29, 1.82) is 0 Å². The summed E-state index contributed by atoms with van der Waals surface area (Å²) in [5, 5.41) is 14.4. The van der Waals surface area contributed by atoms with E-state index in [4.69, 9.17) is 28.3 Å². The van der Waals surface area contributed by atoms with Crippen LogP contribution in [-0.4, -0.2) is 29.7 Å². The van der Waals surface area contributed by atoms with Crippen LogP contribution in [0, 0.1) is 0 Å². The molecule has 106 valence electrons. The second-order valence-corrected chi connectivity index (χ2v) is 6.07. The summed E-state index contributed by atoms with van der Waals surface area (Å²) in [6.07, 6.45) is 0. The fourth-order valence-electron chi connectivity index (χ4n) is 1.37. The van der Waals surface area contributed by atoms with Gasteiger partial charge in [0, 0.05) is 6.07 Å². The number of hydrogen-bond acceptors (Lipinski definition) is 4. The highest BCUT2D eigenvalue weighted by molar-refractivity contribution is 7.92. The number of aromatic carboxylic acids is 1. The Morgan fingerprint density at radius 1 is 1.35 bits per heavy atom. The first-order chi connectivity index (χ1) is 9.31. The van der Waals surface area contributed by atoms with E-state index in [0.29, 0.717) is 0 Å². The number of sulfonamides is 1. The van der Waals surface area contributed by atoms with E-state index < -0.39 is 16.0 Å². The SMILES string of the molecule is O=C(O)c1cc(NS(=O)(=O)c2cccc(Cl)c2Cl)n[nH]1. The Balaban J connectivity index is 2.35. The Hall–Kier alpha value is -1.77. The van der Waals surface area contributed by atoms with Gasteiger partial charge in [-0.05, 0) is 12.1 Å². The minimum atomic E-state index is -4.02. The summed E-state index contributed by atoms with van der Waals surface area (Å²) in [5.74, 6) is -1.43. The Labute approximate surface area is 123 Å². The number of carboxylic acid groups (broad SMARTS) is 1. The van der Waals surface area contributed by atoms with Crippen LogP contribution >= 0.6 is 23.2 Å². The Morgan fingerprint density at radius 3 is 2.65 bits per heavy atom. The first-order valence-electron chi connectivity index (χ1n) is 5.07. The summed E-state index contributed by atoms with van der Waals surface area (Å²) >= 11 is 11.6. The number of carboxylic acids is 1. The Morgan fingerprint density at radius 2 is 2.05 bits per heavy atom. The van der Waals surface area contributed by atoms with E-state index >= 15 is 0 Å². The average Bonchev–Trinajstić information content (AvgIpc) is 2.80. The van der Waals surface area contributed by atoms with E-state index in [2.05, 4.69) is 14.9 Å². The molecule has 1 aromatic carbocycles. The number of aromatic amines is 1. The zero-order chi connectivity index (χ0) is 14.9. The molecule has 7 nitrogen and oxygen atoms in total. The van der Waals surface area contributed by atoms with Crippen molar-refractivity contribution >= 4 is 45.0 Å². The zero-order valence-electron chi connectivity index (χ0n) is 9.59. The summed E-state index contributed by atoms with van der Waals surface area (Å²) in [7, 11) is -4.02. The van der Waals surface area contributed by atoms with E-state index in [1.807, 2.05) is 0 Å². The number of aromatic nitrogens is 2. The molecule has 2 rings (SSSR count). The lowest BCUT2D eigenvalue weighted by Gasteiger charge is -2.07. The third-order valence-corrected chi connectivity index (χ3v) is 4.58. The number of nitrogens with zero attached hydrogens (tertiary/aromatic N) is 1. The molecule has 10 heteroatoms. The monoisotopic (exact) mass is 335 g/mol. The van der Waals surface area contributed by atoms with Gasteiger partial charge in [0.05, 0.1) is 10.0 Å². The highest BCUT2D eigenvalue weighted by Crippen LogP contribution is 2.29. The van der Waals surface area contributed by atoms with E-state index in [1.165, 1.54) is 18.2 Å². The number of halogens is 2. The maximum Gasteiger partial charge on any atom is 0.353 e. The second kappa shape index (κ2) is 5.31. The van der Waals surface area contributed by atoms with Crippen molar-refractivity contribution in [1.82, 2.24) is 10.2 Å². The first-order valence-corrected chi connectivity index (χ1v) is 7.30. The van der Waals surface area contributed by atoms with Crippen LogP contribution < -0.4 is 4.72 Å². The van der Waals surface area contributed by atoms with Gasteiger partial charge in [0.1, 0.15) is 10.6 Å². The van der Waals surface area contributed by atoms with E-state index in [0.717, 1.165) is 6.07 Å². The van der Waals surface area contributed by atoms with Crippen molar-refractivity contribution in [3.63, 3.8) is 0 Å². The van der Waals surface area contributed by atoms with Crippen LogP contribution in [0.15, 0.2) is 29.2 Å². The molecule has 0 aliphatic rings. The molecule has 0 atom stereocenters. The van der Waals surface area contributed by atoms with Crippen molar-refractivity contribution in [2.45, 2.75) is 4.90 Å². The molecule has 1 heterocycles. The molecule has 3 N–H and O–H groups in total. The van der Waals surface area contributed by atoms with Gasteiger partial charge in [0.25, 0.3) is 10.0 Å². The maximum atomic E-state index is 12.1. The van der Waals surface area contributed by atoms with Gasteiger partial charge >= 0.3 is 5.97 Å². The Kier molecular flexibility index (Phi) is 3.89. The van der Waals surface area contributed by atoms with Crippen LogP contribution in [0.5, 0.6) is 0 Å². The minimum absolute atomic E-state index is 0.0859. The lowest BCUT2D eigenvalue weighted by Crippen LogP contribution is -2.13. The molecule has 0 aliphatic heterocycles. The fourth-order valence-corrected chi connectivity index (χ4v) is 3.12. The quantitative estimate of drug-likeness (QED) is 0.792. The maximum absolute atomic E-state index is 12.1. The van der Waals surface area contributed by atoms with E-state index in [1.54, 1.807) is 0 Å². The topological polar surface area (TPSA) is 112 Å². The molecular weight excluding hydrogens is 329 g/mol. The fraction of sp³-hybridized carbons (Fsp3) is 0. The van der Waals surface area contributed by atoms with Crippen LogP contribution in [0.3, 0.4) is 0 Å². The molecule has 0 saturated heterocycles. The summed E-state index contributed by atoms with van der Waals surface area (Å²) in [6, 6.07) is 5.18.